The van der Waals surface area contributed by atoms with Gasteiger partial charge in [-0.25, -0.2) is 24.0 Å². The molecule has 0 aromatic heterocycles. The van der Waals surface area contributed by atoms with Crippen LogP contribution in [0.2, 0.25) is 0 Å². The molecule has 0 heterocycles. The summed E-state index contributed by atoms with van der Waals surface area (Å²) in [6, 6.07) is 26.6. The molecular formula is C49H51NO12. The van der Waals surface area contributed by atoms with E-state index in [1.165, 1.54) is 6.07 Å². The Morgan fingerprint density at radius 2 is 0.935 bits per heavy atom. The molecular weight excluding hydrogens is 795 g/mol. The van der Waals surface area contributed by atoms with Gasteiger partial charge in [0.15, 0.2) is 0 Å². The van der Waals surface area contributed by atoms with Gasteiger partial charge in [-0.15, -0.1) is 0 Å². The molecule has 0 aliphatic heterocycles. The second-order valence-corrected chi connectivity index (χ2v) is 13.7. The van der Waals surface area contributed by atoms with Gasteiger partial charge in [-0.1, -0.05) is 31.4 Å². The maximum absolute atomic E-state index is 13.3. The van der Waals surface area contributed by atoms with E-state index in [0.717, 1.165) is 63.5 Å². The van der Waals surface area contributed by atoms with Gasteiger partial charge >= 0.3 is 29.8 Å². The monoisotopic (exact) mass is 845 g/mol. The molecule has 0 atom stereocenters. The van der Waals surface area contributed by atoms with Crippen LogP contribution in [0.15, 0.2) is 116 Å². The highest BCUT2D eigenvalue weighted by atomic mass is 16.6. The minimum absolute atomic E-state index is 0.00561. The van der Waals surface area contributed by atoms with Crippen LogP contribution in [0.4, 0.5) is 0 Å². The Bertz CT molecular complexity index is 2140. The summed E-state index contributed by atoms with van der Waals surface area (Å²) in [5.74, 6) is -1.32. The Hall–Kier alpha value is -7.20. The van der Waals surface area contributed by atoms with Crippen LogP contribution in [-0.2, 0) is 23.8 Å². The zero-order chi connectivity index (χ0) is 44.4. The van der Waals surface area contributed by atoms with Crippen molar-refractivity contribution < 1.29 is 57.1 Å². The summed E-state index contributed by atoms with van der Waals surface area (Å²) in [6.07, 6.45) is 9.61. The molecule has 4 rings (SSSR count). The molecule has 4 aromatic rings. The van der Waals surface area contributed by atoms with Gasteiger partial charge in [0.05, 0.1) is 50.2 Å². The van der Waals surface area contributed by atoms with Crippen LogP contribution in [0.1, 0.15) is 95.3 Å². The van der Waals surface area contributed by atoms with Gasteiger partial charge in [-0.3, -0.25) is 0 Å². The molecule has 0 aliphatic rings. The van der Waals surface area contributed by atoms with Crippen molar-refractivity contribution in [2.75, 3.05) is 33.0 Å². The molecule has 0 spiro atoms. The maximum atomic E-state index is 13.3. The fourth-order valence-electron chi connectivity index (χ4n) is 5.73. The molecule has 0 unspecified atom stereocenters. The smallest absolute Gasteiger partial charge is 0.343 e. The van der Waals surface area contributed by atoms with Crippen LogP contribution in [0.3, 0.4) is 0 Å². The standard InChI is InChI=1S/C49H51NO12/c1-3-45(51)58-32-12-7-5-10-30-56-40-22-17-37(18-23-40)47(53)61-42-26-15-36(16-27-42)39-21-28-44(43(35-39)49(55)60-34-14-9-29-50)62-48(54)38-19-24-41(25-20-38)57-31-11-6-8-13-33-59-46(52)4-2/h3-4,15-28,35H,1-2,5-14,30-34H2. The van der Waals surface area contributed by atoms with Crippen LogP contribution in [0.25, 0.3) is 11.1 Å². The van der Waals surface area contributed by atoms with Crippen molar-refractivity contribution in [1.29, 1.82) is 5.26 Å². The third-order valence-electron chi connectivity index (χ3n) is 9.08. The first kappa shape index (κ1) is 47.5. The van der Waals surface area contributed by atoms with Crippen molar-refractivity contribution in [3.05, 3.63) is 133 Å². The number of rotatable bonds is 27. The number of unbranched alkanes of at least 4 members (excludes halogenated alkanes) is 7. The minimum Gasteiger partial charge on any atom is -0.494 e. The lowest BCUT2D eigenvalue weighted by Gasteiger charge is -2.13. The quantitative estimate of drug-likeness (QED) is 0.0183. The van der Waals surface area contributed by atoms with Crippen LogP contribution < -0.4 is 18.9 Å². The maximum Gasteiger partial charge on any atom is 0.343 e. The lowest BCUT2D eigenvalue weighted by Crippen LogP contribution is -2.14. The Morgan fingerprint density at radius 3 is 1.44 bits per heavy atom. The zero-order valence-corrected chi connectivity index (χ0v) is 34.7. The SMILES string of the molecule is C=CC(=O)OCCCCCCOc1ccc(C(=O)Oc2ccc(-c3ccc(OC(=O)c4ccc(OCCCCCCOC(=O)C=C)cc4)c(C(=O)OCCCC#N)c3)cc2)cc1. The molecule has 0 amide bonds. The van der Waals surface area contributed by atoms with Gasteiger partial charge in [-0.05, 0) is 142 Å². The summed E-state index contributed by atoms with van der Waals surface area (Å²) in [5.41, 5.74) is 1.88. The first-order chi connectivity index (χ1) is 30.2. The number of nitrogens with zero attached hydrogens (tertiary/aromatic N) is 1. The second kappa shape index (κ2) is 26.8. The van der Waals surface area contributed by atoms with E-state index in [1.54, 1.807) is 84.9 Å². The molecule has 0 saturated carbocycles. The normalized spacial score (nSPS) is 10.4. The summed E-state index contributed by atoms with van der Waals surface area (Å²) in [7, 11) is 0. The first-order valence-electron chi connectivity index (χ1n) is 20.5. The zero-order valence-electron chi connectivity index (χ0n) is 34.7. The predicted molar refractivity (Wildman–Crippen MR) is 230 cm³/mol. The van der Waals surface area contributed by atoms with Gasteiger partial charge in [0.25, 0.3) is 0 Å². The van der Waals surface area contributed by atoms with E-state index in [0.29, 0.717) is 66.8 Å². The third kappa shape index (κ3) is 16.8. The number of carbonyl (C=O) groups excluding carboxylic acids is 5. The third-order valence-corrected chi connectivity index (χ3v) is 9.08. The number of nitriles is 1. The van der Waals surface area contributed by atoms with Crippen molar-refractivity contribution in [2.45, 2.75) is 64.2 Å². The highest BCUT2D eigenvalue weighted by Gasteiger charge is 2.20. The summed E-state index contributed by atoms with van der Waals surface area (Å²) >= 11 is 0. The Labute approximate surface area is 361 Å². The highest BCUT2D eigenvalue weighted by molar-refractivity contribution is 5.97. The molecule has 0 saturated heterocycles. The molecule has 4 aromatic carbocycles. The molecule has 62 heavy (non-hydrogen) atoms. The number of benzene rings is 4. The number of carbonyl (C=O) groups is 5. The van der Waals surface area contributed by atoms with E-state index >= 15 is 0 Å². The topological polar surface area (TPSA) is 174 Å². The van der Waals surface area contributed by atoms with Gasteiger partial charge < -0.3 is 33.2 Å². The van der Waals surface area contributed by atoms with Crippen LogP contribution >= 0.6 is 0 Å². The van der Waals surface area contributed by atoms with E-state index in [2.05, 4.69) is 13.2 Å². The molecule has 0 bridgehead atoms. The molecule has 13 nitrogen and oxygen atoms in total. The molecule has 0 radical (unpaired) electrons. The van der Waals surface area contributed by atoms with Crippen molar-refractivity contribution in [2.24, 2.45) is 0 Å². The highest BCUT2D eigenvalue weighted by Crippen LogP contribution is 2.30. The summed E-state index contributed by atoms with van der Waals surface area (Å²) < 4.78 is 38.2. The first-order valence-corrected chi connectivity index (χ1v) is 20.5. The molecule has 0 N–H and O–H groups in total. The van der Waals surface area contributed by atoms with E-state index in [-0.39, 0.29) is 29.9 Å². The van der Waals surface area contributed by atoms with Gasteiger partial charge in [0.2, 0.25) is 0 Å². The van der Waals surface area contributed by atoms with E-state index in [4.69, 9.17) is 38.4 Å². The summed E-state index contributed by atoms with van der Waals surface area (Å²) in [4.78, 5) is 61.5. The largest absolute Gasteiger partial charge is 0.494 e. The Kier molecular flexibility index (Phi) is 20.5. The van der Waals surface area contributed by atoms with E-state index in [1.807, 2.05) is 6.07 Å². The lowest BCUT2D eigenvalue weighted by atomic mass is 10.0. The van der Waals surface area contributed by atoms with E-state index in [9.17, 15) is 24.0 Å². The number of hydrogen-bond acceptors (Lipinski definition) is 13. The fourth-order valence-corrected chi connectivity index (χ4v) is 5.73. The average molecular weight is 846 g/mol. The lowest BCUT2D eigenvalue weighted by molar-refractivity contribution is -0.138. The molecule has 13 heteroatoms. The minimum atomic E-state index is -0.725. The molecule has 324 valence electrons. The van der Waals surface area contributed by atoms with Crippen molar-refractivity contribution in [3.8, 4) is 40.2 Å². The fraction of sp³-hybridized carbons (Fsp3) is 0.306. The Morgan fingerprint density at radius 1 is 0.484 bits per heavy atom. The van der Waals surface area contributed by atoms with Gasteiger partial charge in [0.1, 0.15) is 28.6 Å². The van der Waals surface area contributed by atoms with Crippen LogP contribution in [-0.4, -0.2) is 62.9 Å². The van der Waals surface area contributed by atoms with Crippen molar-refractivity contribution >= 4 is 29.8 Å². The summed E-state index contributed by atoms with van der Waals surface area (Å²) in [6.45, 7) is 8.45. The van der Waals surface area contributed by atoms with Crippen LogP contribution in [0, 0.1) is 11.3 Å². The number of esters is 5. The average Bonchev–Trinajstić information content (AvgIpc) is 3.30. The van der Waals surface area contributed by atoms with Crippen molar-refractivity contribution in [3.63, 3.8) is 0 Å². The van der Waals surface area contributed by atoms with Gasteiger partial charge in [-0.2, -0.15) is 5.26 Å². The number of hydrogen-bond donors (Lipinski definition) is 0. The summed E-state index contributed by atoms with van der Waals surface area (Å²) in [5, 5.41) is 8.88. The molecule has 0 aliphatic carbocycles. The second-order valence-electron chi connectivity index (χ2n) is 13.7. The van der Waals surface area contributed by atoms with Gasteiger partial charge in [0, 0.05) is 18.6 Å². The van der Waals surface area contributed by atoms with E-state index < -0.39 is 29.8 Å². The Balaban J connectivity index is 1.30. The molecule has 0 fully saturated rings. The van der Waals surface area contributed by atoms with Crippen molar-refractivity contribution in [1.82, 2.24) is 0 Å². The van der Waals surface area contributed by atoms with Crippen LogP contribution in [0.5, 0.6) is 23.0 Å². The predicted octanol–water partition coefficient (Wildman–Crippen LogP) is 9.59. The number of ether oxygens (including phenoxy) is 7.